The summed E-state index contributed by atoms with van der Waals surface area (Å²) in [6.45, 7) is 4.17. The van der Waals surface area contributed by atoms with Crippen molar-refractivity contribution in [3.8, 4) is 33.8 Å². The summed E-state index contributed by atoms with van der Waals surface area (Å²) in [5.74, 6) is 1.05. The van der Waals surface area contributed by atoms with E-state index in [1.165, 1.54) is 22.3 Å². The number of phenols is 1. The Kier molecular flexibility index (Phi) is 9.07. The second-order valence-corrected chi connectivity index (χ2v) is 8.67. The molecule has 0 aliphatic rings. The molecule has 0 bridgehead atoms. The first-order valence-corrected chi connectivity index (χ1v) is 11.9. The van der Waals surface area contributed by atoms with Crippen LogP contribution in [0.15, 0.2) is 42.5 Å². The smallest absolute Gasteiger partial charge is 0.127 e. The summed E-state index contributed by atoms with van der Waals surface area (Å²) in [5, 5.41) is 10.7. The summed E-state index contributed by atoms with van der Waals surface area (Å²) in [5.41, 5.74) is 33.0. The number of rotatable bonds is 11. The Morgan fingerprint density at radius 2 is 1.18 bits per heavy atom. The highest BCUT2D eigenvalue weighted by Gasteiger charge is 2.17. The number of aryl methyl sites for hydroxylation is 1. The molecule has 34 heavy (non-hydrogen) atoms. The number of hydrogen-bond donors (Lipinski definition) is 5. The van der Waals surface area contributed by atoms with E-state index in [2.05, 4.69) is 37.3 Å². The Hall–Kier alpha value is -2.90. The van der Waals surface area contributed by atoms with Crippen LogP contribution in [0, 0.1) is 6.92 Å². The van der Waals surface area contributed by atoms with Crippen molar-refractivity contribution >= 4 is 0 Å². The van der Waals surface area contributed by atoms with Gasteiger partial charge in [-0.3, -0.25) is 0 Å². The van der Waals surface area contributed by atoms with E-state index in [0.717, 1.165) is 46.4 Å². The van der Waals surface area contributed by atoms with Crippen LogP contribution in [0.25, 0.3) is 22.3 Å². The highest BCUT2D eigenvalue weighted by atomic mass is 16.5. The molecule has 3 rings (SSSR count). The Morgan fingerprint density at radius 3 is 1.65 bits per heavy atom. The summed E-state index contributed by atoms with van der Waals surface area (Å²) < 4.78 is 5.85. The lowest BCUT2D eigenvalue weighted by Gasteiger charge is -2.19. The van der Waals surface area contributed by atoms with Crippen LogP contribution in [0.5, 0.6) is 11.5 Å². The van der Waals surface area contributed by atoms with Crippen molar-refractivity contribution < 1.29 is 9.84 Å². The monoisotopic (exact) mass is 462 g/mol. The second kappa shape index (κ2) is 12.0. The summed E-state index contributed by atoms with van der Waals surface area (Å²) in [7, 11) is 1.68. The zero-order valence-corrected chi connectivity index (χ0v) is 20.4. The molecule has 6 nitrogen and oxygen atoms in total. The number of phenolic OH excluding ortho intramolecular Hbond substituents is 1. The van der Waals surface area contributed by atoms with Crippen molar-refractivity contribution in [2.75, 3.05) is 33.3 Å². The predicted molar refractivity (Wildman–Crippen MR) is 141 cm³/mol. The van der Waals surface area contributed by atoms with Crippen LogP contribution < -0.4 is 27.7 Å². The molecule has 0 aliphatic carbocycles. The molecule has 0 unspecified atom stereocenters. The SMILES string of the molecule is COc1cc(-c2c(CCN)cc(C)cc2CCN)ccc1-c1cc(CCN)c(O)c(CCN)c1. The van der Waals surface area contributed by atoms with Gasteiger partial charge in [0, 0.05) is 5.56 Å². The zero-order valence-electron chi connectivity index (χ0n) is 20.4. The first kappa shape index (κ1) is 25.7. The summed E-state index contributed by atoms with van der Waals surface area (Å²) >= 11 is 0. The van der Waals surface area contributed by atoms with Gasteiger partial charge in [-0.2, -0.15) is 0 Å². The average Bonchev–Trinajstić information content (AvgIpc) is 2.82. The quantitative estimate of drug-likeness (QED) is 0.297. The van der Waals surface area contributed by atoms with Gasteiger partial charge in [-0.25, -0.2) is 0 Å². The minimum atomic E-state index is 0.285. The minimum absolute atomic E-state index is 0.285. The molecule has 0 aliphatic heterocycles. The van der Waals surface area contributed by atoms with Crippen molar-refractivity contribution in [3.63, 3.8) is 0 Å². The molecule has 0 spiro atoms. The Morgan fingerprint density at radius 1 is 0.676 bits per heavy atom. The first-order chi connectivity index (χ1) is 16.5. The average molecular weight is 463 g/mol. The lowest BCUT2D eigenvalue weighted by atomic mass is 9.88. The molecule has 182 valence electrons. The number of ether oxygens (including phenoxy) is 1. The number of nitrogens with two attached hydrogens (primary N) is 4. The number of aromatic hydroxyl groups is 1. The molecule has 0 radical (unpaired) electrons. The summed E-state index contributed by atoms with van der Waals surface area (Å²) in [6, 6.07) is 14.7. The van der Waals surface area contributed by atoms with E-state index in [9.17, 15) is 5.11 Å². The molecular weight excluding hydrogens is 424 g/mol. The van der Waals surface area contributed by atoms with Crippen molar-refractivity contribution in [1.29, 1.82) is 0 Å². The Bertz CT molecular complexity index is 1070. The van der Waals surface area contributed by atoms with Crippen LogP contribution in [-0.4, -0.2) is 38.4 Å². The fraction of sp³-hybridized carbons (Fsp3) is 0.357. The molecule has 9 N–H and O–H groups in total. The van der Waals surface area contributed by atoms with Gasteiger partial charge in [-0.05, 0) is 116 Å². The van der Waals surface area contributed by atoms with Gasteiger partial charge in [0.05, 0.1) is 7.11 Å². The van der Waals surface area contributed by atoms with Gasteiger partial charge in [0.25, 0.3) is 0 Å². The van der Waals surface area contributed by atoms with Crippen LogP contribution in [0.4, 0.5) is 0 Å². The highest BCUT2D eigenvalue weighted by Crippen LogP contribution is 2.39. The van der Waals surface area contributed by atoms with Gasteiger partial charge < -0.3 is 32.8 Å². The molecule has 0 atom stereocenters. The van der Waals surface area contributed by atoms with E-state index in [0.29, 0.717) is 39.0 Å². The van der Waals surface area contributed by atoms with Crippen molar-refractivity contribution in [2.45, 2.75) is 32.6 Å². The predicted octanol–water partition coefficient (Wildman–Crippen LogP) is 3.05. The van der Waals surface area contributed by atoms with Gasteiger partial charge in [-0.1, -0.05) is 29.8 Å². The Labute approximate surface area is 202 Å². The standard InChI is InChI=1S/C28H38N4O2/c1-18-13-20(5-9-29)27(21(14-18)6-10-30)19-3-4-25(26(17-19)34-2)24-15-22(7-11-31)28(33)23(16-24)8-12-32/h3-4,13-17,33H,5-12,29-32H2,1-2H3. The molecule has 6 heteroatoms. The number of hydrogen-bond acceptors (Lipinski definition) is 6. The van der Waals surface area contributed by atoms with Gasteiger partial charge in [0.15, 0.2) is 0 Å². The van der Waals surface area contributed by atoms with E-state index in [-0.39, 0.29) is 5.75 Å². The van der Waals surface area contributed by atoms with Crippen LogP contribution in [0.2, 0.25) is 0 Å². The van der Waals surface area contributed by atoms with Crippen LogP contribution in [0.3, 0.4) is 0 Å². The molecule has 0 amide bonds. The number of methoxy groups -OCH3 is 1. The van der Waals surface area contributed by atoms with Gasteiger partial charge in [-0.15, -0.1) is 0 Å². The molecular formula is C28H38N4O2. The third-order valence-electron chi connectivity index (χ3n) is 6.17. The maximum atomic E-state index is 10.7. The molecule has 0 saturated carbocycles. The fourth-order valence-corrected chi connectivity index (χ4v) is 4.71. The molecule has 0 aromatic heterocycles. The van der Waals surface area contributed by atoms with E-state index >= 15 is 0 Å². The zero-order chi connectivity index (χ0) is 24.7. The first-order valence-electron chi connectivity index (χ1n) is 11.9. The van der Waals surface area contributed by atoms with Crippen LogP contribution in [-0.2, 0) is 25.7 Å². The maximum Gasteiger partial charge on any atom is 0.127 e. The van der Waals surface area contributed by atoms with E-state index < -0.39 is 0 Å². The van der Waals surface area contributed by atoms with Crippen LogP contribution >= 0.6 is 0 Å². The van der Waals surface area contributed by atoms with Crippen LogP contribution in [0.1, 0.15) is 27.8 Å². The van der Waals surface area contributed by atoms with E-state index in [1.54, 1.807) is 7.11 Å². The van der Waals surface area contributed by atoms with E-state index in [4.69, 9.17) is 27.7 Å². The lowest BCUT2D eigenvalue weighted by Crippen LogP contribution is -2.09. The minimum Gasteiger partial charge on any atom is -0.507 e. The van der Waals surface area contributed by atoms with Gasteiger partial charge in [0.1, 0.15) is 11.5 Å². The van der Waals surface area contributed by atoms with E-state index in [1.807, 2.05) is 12.1 Å². The molecule has 0 saturated heterocycles. The summed E-state index contributed by atoms with van der Waals surface area (Å²) in [6.07, 6.45) is 2.76. The maximum absolute atomic E-state index is 10.7. The van der Waals surface area contributed by atoms with Crippen molar-refractivity contribution in [3.05, 3.63) is 70.3 Å². The summed E-state index contributed by atoms with van der Waals surface area (Å²) in [4.78, 5) is 0. The molecule has 0 fully saturated rings. The molecule has 3 aromatic carbocycles. The molecule has 3 aromatic rings. The van der Waals surface area contributed by atoms with Gasteiger partial charge in [0.2, 0.25) is 0 Å². The number of benzene rings is 3. The Balaban J connectivity index is 2.18. The van der Waals surface area contributed by atoms with Crippen molar-refractivity contribution in [1.82, 2.24) is 0 Å². The second-order valence-electron chi connectivity index (χ2n) is 8.67. The topological polar surface area (TPSA) is 134 Å². The third-order valence-corrected chi connectivity index (χ3v) is 6.17. The lowest BCUT2D eigenvalue weighted by molar-refractivity contribution is 0.416. The van der Waals surface area contributed by atoms with Crippen molar-refractivity contribution in [2.24, 2.45) is 22.9 Å². The van der Waals surface area contributed by atoms with Gasteiger partial charge >= 0.3 is 0 Å². The molecule has 0 heterocycles. The normalized spacial score (nSPS) is 11.1. The largest absolute Gasteiger partial charge is 0.507 e. The third kappa shape index (κ3) is 5.59. The highest BCUT2D eigenvalue weighted by molar-refractivity contribution is 5.80. The fourth-order valence-electron chi connectivity index (χ4n) is 4.71.